The quantitative estimate of drug-likeness (QED) is 0.624. The molecule has 114 valence electrons. The van der Waals surface area contributed by atoms with Gasteiger partial charge in [-0.1, -0.05) is 0 Å². The summed E-state index contributed by atoms with van der Waals surface area (Å²) in [4.78, 5) is 0.0145. The molecule has 1 aromatic carbocycles. The Hall–Kier alpha value is -1.35. The number of nitrogen functional groups attached to an aromatic ring is 1. The second-order valence-corrected chi connectivity index (χ2v) is 5.96. The maximum absolute atomic E-state index is 11.5. The van der Waals surface area contributed by atoms with Crippen LogP contribution in [0.2, 0.25) is 0 Å². The molecule has 0 heterocycles. The molecule has 1 unspecified atom stereocenters. The number of rotatable bonds is 7. The topological polar surface area (TPSA) is 117 Å². The van der Waals surface area contributed by atoms with Crippen molar-refractivity contribution in [1.29, 1.82) is 0 Å². The zero-order chi connectivity index (χ0) is 15.3. The first-order chi connectivity index (χ1) is 9.29. The maximum atomic E-state index is 11.5. The number of ether oxygens (including phenoxy) is 2. The van der Waals surface area contributed by atoms with Crippen LogP contribution < -0.4 is 16.2 Å². The summed E-state index contributed by atoms with van der Waals surface area (Å²) in [5.74, 6) is 0. The van der Waals surface area contributed by atoms with Crippen LogP contribution in [0.3, 0.4) is 0 Å². The molecule has 1 atom stereocenters. The van der Waals surface area contributed by atoms with Crippen LogP contribution >= 0.6 is 0 Å². The van der Waals surface area contributed by atoms with Crippen LogP contribution in [0.15, 0.2) is 17.0 Å². The predicted molar refractivity (Wildman–Crippen MR) is 78.1 cm³/mol. The highest BCUT2D eigenvalue weighted by molar-refractivity contribution is 7.89. The number of methoxy groups -OCH3 is 2. The first-order valence-corrected chi connectivity index (χ1v) is 7.52. The summed E-state index contributed by atoms with van der Waals surface area (Å²) in [6.45, 7) is 2.55. The lowest BCUT2D eigenvalue weighted by molar-refractivity contribution is 0.0365. The van der Waals surface area contributed by atoms with Gasteiger partial charge in [-0.25, -0.2) is 13.6 Å². The number of hydrogen-bond acceptors (Lipinski definition) is 6. The standard InChI is InChI=1S/C12H21N3O4S/c1-8-11(15-6-10(19-3)7-18-2)4-9(13)5-12(8)20(14,16)17/h4-5,10,15H,6-7,13H2,1-3H3,(H2,14,16,17). The summed E-state index contributed by atoms with van der Waals surface area (Å²) in [5, 5.41) is 8.27. The third-order valence-corrected chi connectivity index (χ3v) is 3.93. The SMILES string of the molecule is COCC(CNc1cc(N)cc(S(N)(=O)=O)c1C)OC. The van der Waals surface area contributed by atoms with E-state index in [2.05, 4.69) is 5.32 Å². The zero-order valence-electron chi connectivity index (χ0n) is 11.8. The molecule has 7 nitrogen and oxygen atoms in total. The number of hydrogen-bond donors (Lipinski definition) is 3. The van der Waals surface area contributed by atoms with Crippen LogP contribution in [0.1, 0.15) is 5.56 Å². The smallest absolute Gasteiger partial charge is 0.238 e. The highest BCUT2D eigenvalue weighted by atomic mass is 32.2. The molecule has 0 aliphatic carbocycles. The Balaban J connectivity index is 2.99. The van der Waals surface area contributed by atoms with Crippen LogP contribution in [0.4, 0.5) is 11.4 Å². The van der Waals surface area contributed by atoms with Crippen molar-refractivity contribution in [3.63, 3.8) is 0 Å². The largest absolute Gasteiger partial charge is 0.399 e. The van der Waals surface area contributed by atoms with Crippen LogP contribution in [0.25, 0.3) is 0 Å². The summed E-state index contributed by atoms with van der Waals surface area (Å²) in [7, 11) is -0.652. The van der Waals surface area contributed by atoms with Gasteiger partial charge in [-0.2, -0.15) is 0 Å². The number of sulfonamides is 1. The van der Waals surface area contributed by atoms with Crippen molar-refractivity contribution in [1.82, 2.24) is 0 Å². The van der Waals surface area contributed by atoms with Crippen molar-refractivity contribution in [2.75, 3.05) is 38.4 Å². The van der Waals surface area contributed by atoms with Gasteiger partial charge in [-0.3, -0.25) is 0 Å². The third-order valence-electron chi connectivity index (χ3n) is 2.89. The fraction of sp³-hybridized carbons (Fsp3) is 0.500. The van der Waals surface area contributed by atoms with E-state index in [1.54, 1.807) is 27.2 Å². The van der Waals surface area contributed by atoms with E-state index in [9.17, 15) is 8.42 Å². The molecule has 0 aliphatic heterocycles. The van der Waals surface area contributed by atoms with E-state index in [0.29, 0.717) is 30.1 Å². The summed E-state index contributed by atoms with van der Waals surface area (Å²) in [6, 6.07) is 3.00. The molecule has 0 fully saturated rings. The van der Waals surface area contributed by atoms with Crippen molar-refractivity contribution < 1.29 is 17.9 Å². The molecule has 8 heteroatoms. The molecule has 0 bridgehead atoms. The van der Waals surface area contributed by atoms with Crippen molar-refractivity contribution in [3.8, 4) is 0 Å². The van der Waals surface area contributed by atoms with Gasteiger partial charge in [-0.05, 0) is 24.6 Å². The number of benzene rings is 1. The van der Waals surface area contributed by atoms with E-state index in [4.69, 9.17) is 20.3 Å². The Morgan fingerprint density at radius 3 is 2.50 bits per heavy atom. The highest BCUT2D eigenvalue weighted by Crippen LogP contribution is 2.26. The molecular formula is C12H21N3O4S. The van der Waals surface area contributed by atoms with Crippen molar-refractivity contribution in [2.24, 2.45) is 5.14 Å². The van der Waals surface area contributed by atoms with Gasteiger partial charge in [0.05, 0.1) is 17.6 Å². The van der Waals surface area contributed by atoms with E-state index >= 15 is 0 Å². The molecule has 0 amide bonds. The van der Waals surface area contributed by atoms with Crippen LogP contribution in [-0.2, 0) is 19.5 Å². The molecule has 0 saturated carbocycles. The lowest BCUT2D eigenvalue weighted by atomic mass is 10.1. The van der Waals surface area contributed by atoms with E-state index in [1.807, 2.05) is 0 Å². The van der Waals surface area contributed by atoms with Gasteiger partial charge in [0, 0.05) is 32.1 Å². The van der Waals surface area contributed by atoms with Crippen LogP contribution in [-0.4, -0.2) is 41.9 Å². The minimum absolute atomic E-state index is 0.0145. The number of primary sulfonamides is 1. The Morgan fingerprint density at radius 1 is 1.35 bits per heavy atom. The molecule has 0 aliphatic rings. The lowest BCUT2D eigenvalue weighted by Crippen LogP contribution is -2.27. The van der Waals surface area contributed by atoms with Gasteiger partial charge >= 0.3 is 0 Å². The fourth-order valence-electron chi connectivity index (χ4n) is 1.81. The Morgan fingerprint density at radius 2 is 2.00 bits per heavy atom. The molecule has 20 heavy (non-hydrogen) atoms. The monoisotopic (exact) mass is 303 g/mol. The normalized spacial score (nSPS) is 13.2. The molecule has 0 spiro atoms. The molecule has 1 aromatic rings. The number of nitrogens with two attached hydrogens (primary N) is 2. The zero-order valence-corrected chi connectivity index (χ0v) is 12.7. The fourth-order valence-corrected chi connectivity index (χ4v) is 2.65. The summed E-state index contributed by atoms with van der Waals surface area (Å²) >= 11 is 0. The molecule has 0 radical (unpaired) electrons. The number of nitrogens with one attached hydrogen (secondary N) is 1. The minimum Gasteiger partial charge on any atom is -0.399 e. The minimum atomic E-state index is -3.81. The van der Waals surface area contributed by atoms with E-state index in [1.165, 1.54) is 6.07 Å². The van der Waals surface area contributed by atoms with E-state index < -0.39 is 10.0 Å². The van der Waals surface area contributed by atoms with Gasteiger partial charge < -0.3 is 20.5 Å². The number of anilines is 2. The van der Waals surface area contributed by atoms with Crippen molar-refractivity contribution in [3.05, 3.63) is 17.7 Å². The Labute approximate surface area is 119 Å². The third kappa shape index (κ3) is 4.34. The van der Waals surface area contributed by atoms with Gasteiger partial charge in [0.1, 0.15) is 0 Å². The van der Waals surface area contributed by atoms with Gasteiger partial charge in [0.25, 0.3) is 0 Å². The average molecular weight is 303 g/mol. The average Bonchev–Trinajstić information content (AvgIpc) is 2.36. The summed E-state index contributed by atoms with van der Waals surface area (Å²) < 4.78 is 33.2. The summed E-state index contributed by atoms with van der Waals surface area (Å²) in [6.07, 6.45) is -0.154. The second-order valence-electron chi connectivity index (χ2n) is 4.43. The van der Waals surface area contributed by atoms with Gasteiger partial charge in [-0.15, -0.1) is 0 Å². The highest BCUT2D eigenvalue weighted by Gasteiger charge is 2.16. The molecule has 1 rings (SSSR count). The first kappa shape index (κ1) is 16.7. The molecule has 0 aromatic heterocycles. The maximum Gasteiger partial charge on any atom is 0.238 e. The van der Waals surface area contributed by atoms with Gasteiger partial charge in [0.15, 0.2) is 0 Å². The molecule has 0 saturated heterocycles. The summed E-state index contributed by atoms with van der Waals surface area (Å²) in [5.41, 5.74) is 7.15. The second kappa shape index (κ2) is 6.89. The lowest BCUT2D eigenvalue weighted by Gasteiger charge is -2.18. The van der Waals surface area contributed by atoms with Crippen LogP contribution in [0, 0.1) is 6.92 Å². The van der Waals surface area contributed by atoms with Crippen molar-refractivity contribution in [2.45, 2.75) is 17.9 Å². The van der Waals surface area contributed by atoms with Crippen LogP contribution in [0.5, 0.6) is 0 Å². The molecular weight excluding hydrogens is 282 g/mol. The molecule has 5 N–H and O–H groups in total. The van der Waals surface area contributed by atoms with Gasteiger partial charge in [0.2, 0.25) is 10.0 Å². The Kier molecular flexibility index (Phi) is 5.75. The predicted octanol–water partition coefficient (Wildman–Crippen LogP) is 0.298. The Bertz CT molecular complexity index is 560. The first-order valence-electron chi connectivity index (χ1n) is 5.98. The van der Waals surface area contributed by atoms with E-state index in [-0.39, 0.29) is 11.0 Å². The van der Waals surface area contributed by atoms with E-state index in [0.717, 1.165) is 0 Å². The van der Waals surface area contributed by atoms with Crippen molar-refractivity contribution >= 4 is 21.4 Å².